The van der Waals surface area contributed by atoms with Crippen LogP contribution < -0.4 is 10.6 Å². The second-order valence-electron chi connectivity index (χ2n) is 6.24. The first-order chi connectivity index (χ1) is 11.6. The van der Waals surface area contributed by atoms with Gasteiger partial charge in [0, 0.05) is 17.2 Å². The fourth-order valence-electron chi connectivity index (χ4n) is 2.97. The summed E-state index contributed by atoms with van der Waals surface area (Å²) in [6.07, 6.45) is 1.83. The highest BCUT2D eigenvalue weighted by atomic mass is 35.5. The molecule has 25 heavy (non-hydrogen) atoms. The van der Waals surface area contributed by atoms with E-state index in [2.05, 4.69) is 10.6 Å². The van der Waals surface area contributed by atoms with Crippen molar-refractivity contribution in [2.45, 2.75) is 25.8 Å². The molecular formula is C20H23ClN2O2. The number of carbonyl (C=O) groups excluding carboxylic acids is 2. The summed E-state index contributed by atoms with van der Waals surface area (Å²) in [5.74, 6) is -0.288. The highest BCUT2D eigenvalue weighted by Crippen LogP contribution is 2.16. The molecule has 0 unspecified atom stereocenters. The lowest BCUT2D eigenvalue weighted by Gasteiger charge is -2.24. The van der Waals surface area contributed by atoms with Gasteiger partial charge in [-0.05, 0) is 38.9 Å². The average molecular weight is 359 g/mol. The lowest BCUT2D eigenvalue weighted by atomic mass is 9.96. The van der Waals surface area contributed by atoms with E-state index in [1.54, 1.807) is 36.4 Å². The number of benzene rings is 2. The van der Waals surface area contributed by atoms with E-state index in [1.165, 1.54) is 0 Å². The van der Waals surface area contributed by atoms with E-state index in [9.17, 15) is 9.59 Å². The molecule has 1 saturated heterocycles. The Labute approximate surface area is 154 Å². The Morgan fingerprint density at radius 1 is 0.960 bits per heavy atom. The second kappa shape index (κ2) is 8.79. The number of hydrogen-bond donors (Lipinski definition) is 2. The number of carbonyl (C=O) groups is 2. The molecule has 0 atom stereocenters. The molecule has 3 rings (SSSR count). The number of nitrogens with one attached hydrogen (secondary N) is 2. The van der Waals surface area contributed by atoms with Crippen LogP contribution in [0, 0.1) is 6.92 Å². The van der Waals surface area contributed by atoms with Crippen LogP contribution in [0.4, 0.5) is 0 Å². The van der Waals surface area contributed by atoms with Crippen LogP contribution in [0.2, 0.25) is 0 Å². The van der Waals surface area contributed by atoms with Gasteiger partial charge < -0.3 is 10.6 Å². The highest BCUT2D eigenvalue weighted by molar-refractivity contribution is 6.15. The third-order valence-corrected chi connectivity index (χ3v) is 4.40. The number of ketones is 1. The topological polar surface area (TPSA) is 58.2 Å². The van der Waals surface area contributed by atoms with E-state index in [0.29, 0.717) is 16.7 Å². The van der Waals surface area contributed by atoms with E-state index >= 15 is 0 Å². The minimum atomic E-state index is -0.169. The van der Waals surface area contributed by atoms with Gasteiger partial charge in [0.05, 0.1) is 5.56 Å². The van der Waals surface area contributed by atoms with Gasteiger partial charge in [-0.3, -0.25) is 9.59 Å². The summed E-state index contributed by atoms with van der Waals surface area (Å²) in [4.78, 5) is 25.4. The van der Waals surface area contributed by atoms with Crippen LogP contribution in [0.1, 0.15) is 44.7 Å². The Hall–Kier alpha value is -2.17. The van der Waals surface area contributed by atoms with Crippen molar-refractivity contribution < 1.29 is 9.59 Å². The van der Waals surface area contributed by atoms with E-state index in [1.807, 2.05) is 19.1 Å². The average Bonchev–Trinajstić information content (AvgIpc) is 2.62. The molecule has 0 aromatic heterocycles. The maximum Gasteiger partial charge on any atom is 0.252 e. The molecule has 1 heterocycles. The molecule has 1 aliphatic rings. The summed E-state index contributed by atoms with van der Waals surface area (Å²) in [5, 5.41) is 6.34. The maximum atomic E-state index is 12.8. The molecule has 4 nitrogen and oxygen atoms in total. The smallest absolute Gasteiger partial charge is 0.252 e. The zero-order valence-corrected chi connectivity index (χ0v) is 15.1. The molecule has 2 aromatic rings. The number of piperidine rings is 1. The van der Waals surface area contributed by atoms with Crippen LogP contribution in [0.5, 0.6) is 0 Å². The van der Waals surface area contributed by atoms with Crippen molar-refractivity contribution in [3.63, 3.8) is 0 Å². The molecule has 0 bridgehead atoms. The number of amides is 1. The van der Waals surface area contributed by atoms with Gasteiger partial charge in [-0.2, -0.15) is 0 Å². The number of hydrogen-bond acceptors (Lipinski definition) is 3. The monoisotopic (exact) mass is 358 g/mol. The quantitative estimate of drug-likeness (QED) is 0.825. The molecule has 5 heteroatoms. The number of aryl methyl sites for hydroxylation is 1. The predicted molar refractivity (Wildman–Crippen MR) is 102 cm³/mol. The summed E-state index contributed by atoms with van der Waals surface area (Å²) in [6, 6.07) is 14.6. The van der Waals surface area contributed by atoms with E-state index in [4.69, 9.17) is 0 Å². The first-order valence-electron chi connectivity index (χ1n) is 8.37. The largest absolute Gasteiger partial charge is 0.349 e. The predicted octanol–water partition coefficient (Wildman–Crippen LogP) is 3.13. The Kier molecular flexibility index (Phi) is 6.73. The number of halogens is 1. The first-order valence-corrected chi connectivity index (χ1v) is 8.37. The van der Waals surface area contributed by atoms with E-state index in [-0.39, 0.29) is 30.1 Å². The third kappa shape index (κ3) is 4.68. The summed E-state index contributed by atoms with van der Waals surface area (Å²) < 4.78 is 0. The molecule has 0 aliphatic carbocycles. The first kappa shape index (κ1) is 19.2. The van der Waals surface area contributed by atoms with Crippen LogP contribution in [-0.2, 0) is 0 Å². The molecule has 1 amide bonds. The molecule has 0 spiro atoms. The molecule has 0 saturated carbocycles. The Morgan fingerprint density at radius 2 is 1.56 bits per heavy atom. The van der Waals surface area contributed by atoms with Gasteiger partial charge in [0.1, 0.15) is 0 Å². The molecular weight excluding hydrogens is 336 g/mol. The van der Waals surface area contributed by atoms with Crippen LogP contribution in [0.15, 0.2) is 48.5 Å². The minimum absolute atomic E-state index is 0. The van der Waals surface area contributed by atoms with Gasteiger partial charge in [-0.25, -0.2) is 0 Å². The Balaban J connectivity index is 0.00000225. The summed E-state index contributed by atoms with van der Waals surface area (Å²) in [5.41, 5.74) is 2.60. The normalized spacial score (nSPS) is 14.4. The van der Waals surface area contributed by atoms with Crippen LogP contribution >= 0.6 is 12.4 Å². The lowest BCUT2D eigenvalue weighted by Crippen LogP contribution is -2.43. The lowest BCUT2D eigenvalue weighted by molar-refractivity contribution is 0.0920. The molecule has 2 aromatic carbocycles. The summed E-state index contributed by atoms with van der Waals surface area (Å²) in [7, 11) is 0. The van der Waals surface area contributed by atoms with Crippen molar-refractivity contribution in [2.75, 3.05) is 13.1 Å². The molecule has 0 radical (unpaired) electrons. The zero-order chi connectivity index (χ0) is 16.9. The third-order valence-electron chi connectivity index (χ3n) is 4.40. The molecule has 1 fully saturated rings. The van der Waals surface area contributed by atoms with Gasteiger partial charge in [-0.15, -0.1) is 12.4 Å². The van der Waals surface area contributed by atoms with Gasteiger partial charge in [-0.1, -0.05) is 48.0 Å². The summed E-state index contributed by atoms with van der Waals surface area (Å²) in [6.45, 7) is 3.80. The Bertz CT molecular complexity index is 738. The van der Waals surface area contributed by atoms with Gasteiger partial charge in [0.2, 0.25) is 0 Å². The van der Waals surface area contributed by atoms with Crippen molar-refractivity contribution in [1.29, 1.82) is 0 Å². The van der Waals surface area contributed by atoms with Gasteiger partial charge in [0.15, 0.2) is 5.78 Å². The van der Waals surface area contributed by atoms with Crippen molar-refractivity contribution in [2.24, 2.45) is 0 Å². The molecule has 132 valence electrons. The van der Waals surface area contributed by atoms with E-state index < -0.39 is 0 Å². The van der Waals surface area contributed by atoms with E-state index in [0.717, 1.165) is 31.5 Å². The van der Waals surface area contributed by atoms with Crippen LogP contribution in [0.3, 0.4) is 0 Å². The maximum absolute atomic E-state index is 12.8. The molecule has 2 N–H and O–H groups in total. The Morgan fingerprint density at radius 3 is 2.20 bits per heavy atom. The van der Waals surface area contributed by atoms with Crippen molar-refractivity contribution in [3.8, 4) is 0 Å². The fraction of sp³-hybridized carbons (Fsp3) is 0.300. The second-order valence-corrected chi connectivity index (χ2v) is 6.24. The van der Waals surface area contributed by atoms with Crippen molar-refractivity contribution in [1.82, 2.24) is 10.6 Å². The molecule has 1 aliphatic heterocycles. The minimum Gasteiger partial charge on any atom is -0.349 e. The standard InChI is InChI=1S/C20H22N2O2.ClH/c1-14-6-8-15(9-7-14)19(23)17-4-2-3-5-18(17)20(24)22-16-10-12-21-13-11-16;/h2-9,16,21H,10-13H2,1H3,(H,22,24);1H. The van der Waals surface area contributed by atoms with Crippen molar-refractivity contribution >= 4 is 24.1 Å². The SMILES string of the molecule is Cc1ccc(C(=O)c2ccccc2C(=O)NC2CCNCC2)cc1.Cl. The summed E-state index contributed by atoms with van der Waals surface area (Å²) >= 11 is 0. The van der Waals surface area contributed by atoms with Gasteiger partial charge in [0.25, 0.3) is 5.91 Å². The van der Waals surface area contributed by atoms with Gasteiger partial charge >= 0.3 is 0 Å². The highest BCUT2D eigenvalue weighted by Gasteiger charge is 2.21. The van der Waals surface area contributed by atoms with Crippen LogP contribution in [0.25, 0.3) is 0 Å². The van der Waals surface area contributed by atoms with Crippen LogP contribution in [-0.4, -0.2) is 30.8 Å². The van der Waals surface area contributed by atoms with Crippen molar-refractivity contribution in [3.05, 3.63) is 70.8 Å². The fourth-order valence-corrected chi connectivity index (χ4v) is 2.97. The number of rotatable bonds is 4. The zero-order valence-electron chi connectivity index (χ0n) is 14.2.